The van der Waals surface area contributed by atoms with E-state index in [1.807, 2.05) is 0 Å². The molecular formula is C17H26N2. The van der Waals surface area contributed by atoms with E-state index in [0.29, 0.717) is 5.92 Å². The van der Waals surface area contributed by atoms with Gasteiger partial charge in [-0.25, -0.2) is 0 Å². The average molecular weight is 258 g/mol. The Morgan fingerprint density at radius 2 is 1.74 bits per heavy atom. The van der Waals surface area contributed by atoms with Gasteiger partial charge in [0.1, 0.15) is 0 Å². The molecule has 0 radical (unpaired) electrons. The third-order valence-electron chi connectivity index (χ3n) is 4.73. The summed E-state index contributed by atoms with van der Waals surface area (Å²) >= 11 is 0. The Morgan fingerprint density at radius 1 is 1.00 bits per heavy atom. The minimum atomic E-state index is 0.628. The van der Waals surface area contributed by atoms with Crippen LogP contribution in [0.25, 0.3) is 0 Å². The highest BCUT2D eigenvalue weighted by atomic mass is 15.3. The SMILES string of the molecule is CC(C)c1ccc(N2CCCN3CCCC3C2)cc1. The van der Waals surface area contributed by atoms with Crippen LogP contribution in [0.3, 0.4) is 0 Å². The first-order chi connectivity index (χ1) is 9.24. The molecule has 3 rings (SSSR count). The molecule has 0 bridgehead atoms. The summed E-state index contributed by atoms with van der Waals surface area (Å²) in [5.41, 5.74) is 2.86. The van der Waals surface area contributed by atoms with Gasteiger partial charge in [-0.2, -0.15) is 0 Å². The minimum Gasteiger partial charge on any atom is -0.370 e. The third-order valence-corrected chi connectivity index (χ3v) is 4.73. The van der Waals surface area contributed by atoms with Crippen molar-refractivity contribution in [2.45, 2.75) is 45.1 Å². The van der Waals surface area contributed by atoms with Gasteiger partial charge in [0.05, 0.1) is 0 Å². The zero-order valence-electron chi connectivity index (χ0n) is 12.3. The Bertz CT molecular complexity index is 410. The van der Waals surface area contributed by atoms with E-state index in [-0.39, 0.29) is 0 Å². The molecule has 2 heterocycles. The highest BCUT2D eigenvalue weighted by Crippen LogP contribution is 2.26. The molecule has 2 fully saturated rings. The molecule has 2 nitrogen and oxygen atoms in total. The first kappa shape index (κ1) is 13.0. The van der Waals surface area contributed by atoms with Crippen LogP contribution in [-0.4, -0.2) is 37.1 Å². The molecule has 2 aliphatic rings. The summed E-state index contributed by atoms with van der Waals surface area (Å²) < 4.78 is 0. The Morgan fingerprint density at radius 3 is 2.47 bits per heavy atom. The van der Waals surface area contributed by atoms with Crippen LogP contribution in [0.2, 0.25) is 0 Å². The Kier molecular flexibility index (Phi) is 3.79. The third kappa shape index (κ3) is 2.79. The second-order valence-electron chi connectivity index (χ2n) is 6.38. The molecule has 2 saturated heterocycles. The number of nitrogens with zero attached hydrogens (tertiary/aromatic N) is 2. The monoisotopic (exact) mass is 258 g/mol. The topological polar surface area (TPSA) is 6.48 Å². The van der Waals surface area contributed by atoms with Crippen molar-refractivity contribution in [2.24, 2.45) is 0 Å². The normalized spacial score (nSPS) is 24.6. The van der Waals surface area contributed by atoms with Gasteiger partial charge in [0, 0.05) is 31.4 Å². The van der Waals surface area contributed by atoms with E-state index in [0.717, 1.165) is 6.04 Å². The van der Waals surface area contributed by atoms with Crippen molar-refractivity contribution in [3.63, 3.8) is 0 Å². The maximum Gasteiger partial charge on any atom is 0.0366 e. The van der Waals surface area contributed by atoms with E-state index in [2.05, 4.69) is 47.9 Å². The van der Waals surface area contributed by atoms with Crippen molar-refractivity contribution in [3.05, 3.63) is 29.8 Å². The number of rotatable bonds is 2. The summed E-state index contributed by atoms with van der Waals surface area (Å²) in [5, 5.41) is 0. The summed E-state index contributed by atoms with van der Waals surface area (Å²) in [5.74, 6) is 0.628. The quantitative estimate of drug-likeness (QED) is 0.801. The molecule has 1 unspecified atom stereocenters. The highest BCUT2D eigenvalue weighted by Gasteiger charge is 2.28. The standard InChI is InChI=1S/C17H26N2/c1-14(2)15-6-8-16(9-7-15)19-12-4-11-18-10-3-5-17(18)13-19/h6-9,14,17H,3-5,10-13H2,1-2H3. The molecule has 0 aliphatic carbocycles. The molecule has 2 aliphatic heterocycles. The molecule has 0 spiro atoms. The number of benzene rings is 1. The molecule has 104 valence electrons. The fourth-order valence-corrected chi connectivity index (χ4v) is 3.51. The second kappa shape index (κ2) is 5.54. The van der Waals surface area contributed by atoms with Crippen molar-refractivity contribution in [2.75, 3.05) is 31.1 Å². The molecule has 1 atom stereocenters. The summed E-state index contributed by atoms with van der Waals surface area (Å²) in [6, 6.07) is 10.0. The Hall–Kier alpha value is -1.02. The van der Waals surface area contributed by atoms with Gasteiger partial charge < -0.3 is 4.90 Å². The summed E-state index contributed by atoms with van der Waals surface area (Å²) in [4.78, 5) is 5.29. The van der Waals surface area contributed by atoms with Crippen molar-refractivity contribution < 1.29 is 0 Å². The molecule has 1 aromatic carbocycles. The molecule has 19 heavy (non-hydrogen) atoms. The van der Waals surface area contributed by atoms with Crippen LogP contribution < -0.4 is 4.90 Å². The lowest BCUT2D eigenvalue weighted by Crippen LogP contribution is -2.36. The van der Waals surface area contributed by atoms with Gasteiger partial charge in [0.2, 0.25) is 0 Å². The van der Waals surface area contributed by atoms with Crippen LogP contribution >= 0.6 is 0 Å². The smallest absolute Gasteiger partial charge is 0.0366 e. The van der Waals surface area contributed by atoms with Crippen LogP contribution in [0.5, 0.6) is 0 Å². The fourth-order valence-electron chi connectivity index (χ4n) is 3.51. The van der Waals surface area contributed by atoms with Crippen LogP contribution in [0.4, 0.5) is 5.69 Å². The molecule has 1 aromatic rings. The predicted octanol–water partition coefficient (Wildman–Crippen LogP) is 3.48. The largest absolute Gasteiger partial charge is 0.370 e. The van der Waals surface area contributed by atoms with E-state index < -0.39 is 0 Å². The lowest BCUT2D eigenvalue weighted by molar-refractivity contribution is 0.273. The molecule has 0 amide bonds. The van der Waals surface area contributed by atoms with E-state index in [1.165, 1.54) is 56.7 Å². The van der Waals surface area contributed by atoms with Gasteiger partial charge in [-0.3, -0.25) is 4.90 Å². The van der Waals surface area contributed by atoms with E-state index in [1.54, 1.807) is 0 Å². The van der Waals surface area contributed by atoms with Crippen molar-refractivity contribution in [1.82, 2.24) is 4.90 Å². The van der Waals surface area contributed by atoms with Crippen molar-refractivity contribution >= 4 is 5.69 Å². The summed E-state index contributed by atoms with van der Waals surface area (Å²) in [7, 11) is 0. The van der Waals surface area contributed by atoms with Crippen LogP contribution in [0.1, 0.15) is 44.6 Å². The van der Waals surface area contributed by atoms with Gasteiger partial charge >= 0.3 is 0 Å². The second-order valence-corrected chi connectivity index (χ2v) is 6.38. The Balaban J connectivity index is 1.73. The van der Waals surface area contributed by atoms with Gasteiger partial charge in [-0.05, 0) is 49.4 Å². The van der Waals surface area contributed by atoms with E-state index in [4.69, 9.17) is 0 Å². The van der Waals surface area contributed by atoms with E-state index in [9.17, 15) is 0 Å². The molecule has 0 N–H and O–H groups in total. The fraction of sp³-hybridized carbons (Fsp3) is 0.647. The first-order valence-electron chi connectivity index (χ1n) is 7.83. The van der Waals surface area contributed by atoms with Crippen LogP contribution in [0, 0.1) is 0 Å². The van der Waals surface area contributed by atoms with Crippen molar-refractivity contribution in [1.29, 1.82) is 0 Å². The minimum absolute atomic E-state index is 0.628. The predicted molar refractivity (Wildman–Crippen MR) is 82.0 cm³/mol. The number of hydrogen-bond donors (Lipinski definition) is 0. The maximum atomic E-state index is 2.70. The summed E-state index contributed by atoms with van der Waals surface area (Å²) in [6.45, 7) is 9.58. The number of anilines is 1. The van der Waals surface area contributed by atoms with E-state index >= 15 is 0 Å². The first-order valence-corrected chi connectivity index (χ1v) is 7.83. The highest BCUT2D eigenvalue weighted by molar-refractivity contribution is 5.48. The van der Waals surface area contributed by atoms with Gasteiger partial charge in [0.15, 0.2) is 0 Å². The lowest BCUT2D eigenvalue weighted by atomic mass is 10.0. The lowest BCUT2D eigenvalue weighted by Gasteiger charge is -2.27. The van der Waals surface area contributed by atoms with Gasteiger partial charge in [-0.1, -0.05) is 26.0 Å². The van der Waals surface area contributed by atoms with Crippen molar-refractivity contribution in [3.8, 4) is 0 Å². The van der Waals surface area contributed by atoms with Gasteiger partial charge in [-0.15, -0.1) is 0 Å². The average Bonchev–Trinajstić information content (AvgIpc) is 2.76. The maximum absolute atomic E-state index is 2.70. The molecule has 0 aromatic heterocycles. The van der Waals surface area contributed by atoms with Gasteiger partial charge in [0.25, 0.3) is 0 Å². The summed E-state index contributed by atoms with van der Waals surface area (Å²) in [6.07, 6.45) is 4.09. The molecule has 2 heteroatoms. The molecule has 0 saturated carbocycles. The molecular weight excluding hydrogens is 232 g/mol. The zero-order chi connectivity index (χ0) is 13.2. The van der Waals surface area contributed by atoms with Crippen LogP contribution in [-0.2, 0) is 0 Å². The van der Waals surface area contributed by atoms with Crippen LogP contribution in [0.15, 0.2) is 24.3 Å². The number of hydrogen-bond acceptors (Lipinski definition) is 2. The Labute approximate surface area is 117 Å². The zero-order valence-corrected chi connectivity index (χ0v) is 12.3. The number of fused-ring (bicyclic) bond motifs is 1.